The molecule has 0 bridgehead atoms. The lowest BCUT2D eigenvalue weighted by Crippen LogP contribution is -2.03. The van der Waals surface area contributed by atoms with Crippen LogP contribution in [0.4, 0.5) is 0 Å². The summed E-state index contributed by atoms with van der Waals surface area (Å²) in [6.45, 7) is 3.90. The van der Waals surface area contributed by atoms with Crippen LogP contribution < -0.4 is 4.74 Å². The Bertz CT molecular complexity index is 751. The monoisotopic (exact) mass is 314 g/mol. The van der Waals surface area contributed by atoms with Crippen molar-refractivity contribution in [2.75, 3.05) is 0 Å². The van der Waals surface area contributed by atoms with Crippen LogP contribution in [0.25, 0.3) is 11.4 Å². The van der Waals surface area contributed by atoms with Crippen molar-refractivity contribution in [2.45, 2.75) is 20.0 Å². The molecule has 3 aromatic rings. The number of aryl methyl sites for hydroxylation is 1. The van der Waals surface area contributed by atoms with Gasteiger partial charge in [0.25, 0.3) is 5.89 Å². The third kappa shape index (κ3) is 3.28. The van der Waals surface area contributed by atoms with E-state index < -0.39 is 0 Å². The lowest BCUT2D eigenvalue weighted by molar-refractivity contribution is 0.176. The molecule has 22 heavy (non-hydrogen) atoms. The second kappa shape index (κ2) is 6.20. The van der Waals surface area contributed by atoms with Gasteiger partial charge in [-0.2, -0.15) is 4.98 Å². The highest BCUT2D eigenvalue weighted by atomic mass is 35.5. The highest BCUT2D eigenvalue weighted by molar-refractivity contribution is 6.30. The first-order chi connectivity index (χ1) is 10.6. The molecule has 2 aromatic carbocycles. The molecule has 0 spiro atoms. The van der Waals surface area contributed by atoms with Crippen LogP contribution in [0.15, 0.2) is 53.1 Å². The summed E-state index contributed by atoms with van der Waals surface area (Å²) in [6, 6.07) is 15.1. The molecule has 0 amide bonds. The molecule has 112 valence electrons. The molecule has 0 saturated heterocycles. The van der Waals surface area contributed by atoms with Gasteiger partial charge in [-0.1, -0.05) is 46.6 Å². The van der Waals surface area contributed by atoms with E-state index in [1.165, 1.54) is 5.56 Å². The van der Waals surface area contributed by atoms with Gasteiger partial charge in [-0.3, -0.25) is 0 Å². The maximum atomic E-state index is 5.85. The lowest BCUT2D eigenvalue weighted by atomic mass is 10.1. The Morgan fingerprint density at radius 1 is 1.05 bits per heavy atom. The minimum atomic E-state index is -0.340. The predicted octanol–water partition coefficient (Wildman–Crippen LogP) is 4.84. The number of ether oxygens (including phenoxy) is 1. The number of rotatable bonds is 4. The number of benzene rings is 2. The van der Waals surface area contributed by atoms with E-state index in [2.05, 4.69) is 10.1 Å². The molecule has 4 nitrogen and oxygen atoms in total. The fourth-order valence-electron chi connectivity index (χ4n) is 1.99. The molecule has 1 unspecified atom stereocenters. The van der Waals surface area contributed by atoms with Gasteiger partial charge in [0.1, 0.15) is 5.75 Å². The summed E-state index contributed by atoms with van der Waals surface area (Å²) in [7, 11) is 0. The maximum Gasteiger partial charge on any atom is 0.267 e. The van der Waals surface area contributed by atoms with E-state index in [1.807, 2.05) is 38.1 Å². The Morgan fingerprint density at radius 3 is 2.41 bits per heavy atom. The maximum absolute atomic E-state index is 5.85. The quantitative estimate of drug-likeness (QED) is 0.691. The minimum Gasteiger partial charge on any atom is -0.481 e. The van der Waals surface area contributed by atoms with Crippen LogP contribution in [0.5, 0.6) is 5.75 Å². The molecular formula is C17H15ClN2O2. The Kier molecular flexibility index (Phi) is 4.11. The average Bonchev–Trinajstić information content (AvgIpc) is 3.00. The second-order valence-corrected chi connectivity index (χ2v) is 5.47. The topological polar surface area (TPSA) is 48.2 Å². The molecule has 0 aliphatic carbocycles. The zero-order chi connectivity index (χ0) is 15.5. The van der Waals surface area contributed by atoms with Crippen molar-refractivity contribution in [1.82, 2.24) is 10.1 Å². The first-order valence-electron chi connectivity index (χ1n) is 6.95. The standard InChI is InChI=1S/C17H15ClN2O2/c1-11-3-5-13(6-4-11)16-19-17(22-20-16)12(2)21-15-9-7-14(18)8-10-15/h3-10,12H,1-2H3. The fourth-order valence-corrected chi connectivity index (χ4v) is 2.11. The summed E-state index contributed by atoms with van der Waals surface area (Å²) in [5, 5.41) is 4.67. The number of nitrogens with zero attached hydrogens (tertiary/aromatic N) is 2. The summed E-state index contributed by atoms with van der Waals surface area (Å²) in [4.78, 5) is 4.39. The third-order valence-electron chi connectivity index (χ3n) is 3.23. The van der Waals surface area contributed by atoms with Crippen LogP contribution in [-0.4, -0.2) is 10.1 Å². The van der Waals surface area contributed by atoms with Crippen LogP contribution >= 0.6 is 11.6 Å². The number of halogens is 1. The lowest BCUT2D eigenvalue weighted by Gasteiger charge is -2.10. The number of aromatic nitrogens is 2. The summed E-state index contributed by atoms with van der Waals surface area (Å²) in [5.74, 6) is 1.69. The number of hydrogen-bond acceptors (Lipinski definition) is 4. The van der Waals surface area contributed by atoms with E-state index in [0.717, 1.165) is 5.56 Å². The first-order valence-corrected chi connectivity index (χ1v) is 7.32. The largest absolute Gasteiger partial charge is 0.481 e. The van der Waals surface area contributed by atoms with E-state index in [-0.39, 0.29) is 6.10 Å². The van der Waals surface area contributed by atoms with Crippen molar-refractivity contribution in [2.24, 2.45) is 0 Å². The third-order valence-corrected chi connectivity index (χ3v) is 3.48. The average molecular weight is 315 g/mol. The summed E-state index contributed by atoms with van der Waals surface area (Å²) in [5.41, 5.74) is 2.10. The van der Waals surface area contributed by atoms with Gasteiger partial charge in [0.2, 0.25) is 5.82 Å². The van der Waals surface area contributed by atoms with E-state index in [1.54, 1.807) is 24.3 Å². The molecule has 5 heteroatoms. The molecule has 0 fully saturated rings. The van der Waals surface area contributed by atoms with Gasteiger partial charge in [0.15, 0.2) is 6.10 Å². The Morgan fingerprint density at radius 2 is 1.73 bits per heavy atom. The molecule has 1 heterocycles. The second-order valence-electron chi connectivity index (χ2n) is 5.04. The van der Waals surface area contributed by atoms with Gasteiger partial charge in [-0.15, -0.1) is 0 Å². The minimum absolute atomic E-state index is 0.340. The normalized spacial score (nSPS) is 12.1. The van der Waals surface area contributed by atoms with E-state index in [9.17, 15) is 0 Å². The molecule has 0 saturated carbocycles. The van der Waals surface area contributed by atoms with E-state index >= 15 is 0 Å². The van der Waals surface area contributed by atoms with Crippen LogP contribution in [0.1, 0.15) is 24.5 Å². The van der Waals surface area contributed by atoms with Crippen molar-refractivity contribution in [3.8, 4) is 17.1 Å². The molecule has 3 rings (SSSR count). The molecule has 0 N–H and O–H groups in total. The molecule has 0 aliphatic heterocycles. The van der Waals surface area contributed by atoms with Crippen molar-refractivity contribution < 1.29 is 9.26 Å². The highest BCUT2D eigenvalue weighted by Crippen LogP contribution is 2.24. The van der Waals surface area contributed by atoms with Crippen LogP contribution in [0.2, 0.25) is 5.02 Å². The highest BCUT2D eigenvalue weighted by Gasteiger charge is 2.16. The van der Waals surface area contributed by atoms with Crippen LogP contribution in [0.3, 0.4) is 0 Å². The van der Waals surface area contributed by atoms with Crippen LogP contribution in [-0.2, 0) is 0 Å². The molecule has 1 aromatic heterocycles. The Labute approximate surface area is 133 Å². The molecular weight excluding hydrogens is 300 g/mol. The van der Waals surface area contributed by atoms with Crippen molar-refractivity contribution in [1.29, 1.82) is 0 Å². The van der Waals surface area contributed by atoms with Gasteiger partial charge in [-0.25, -0.2) is 0 Å². The summed E-state index contributed by atoms with van der Waals surface area (Å²) < 4.78 is 11.1. The smallest absolute Gasteiger partial charge is 0.267 e. The molecule has 0 radical (unpaired) electrons. The zero-order valence-electron chi connectivity index (χ0n) is 12.3. The summed E-state index contributed by atoms with van der Waals surface area (Å²) in [6.07, 6.45) is -0.340. The summed E-state index contributed by atoms with van der Waals surface area (Å²) >= 11 is 5.85. The van der Waals surface area contributed by atoms with Crippen molar-refractivity contribution in [3.63, 3.8) is 0 Å². The van der Waals surface area contributed by atoms with Gasteiger partial charge in [0, 0.05) is 10.6 Å². The van der Waals surface area contributed by atoms with Gasteiger partial charge in [-0.05, 0) is 38.1 Å². The predicted molar refractivity (Wildman–Crippen MR) is 85.0 cm³/mol. The number of hydrogen-bond donors (Lipinski definition) is 0. The fraction of sp³-hybridized carbons (Fsp3) is 0.176. The Hall–Kier alpha value is -2.33. The Balaban J connectivity index is 1.75. The van der Waals surface area contributed by atoms with Gasteiger partial charge < -0.3 is 9.26 Å². The van der Waals surface area contributed by atoms with Crippen molar-refractivity contribution in [3.05, 3.63) is 65.0 Å². The van der Waals surface area contributed by atoms with E-state index in [4.69, 9.17) is 20.9 Å². The van der Waals surface area contributed by atoms with E-state index in [0.29, 0.717) is 22.5 Å². The molecule has 0 aliphatic rings. The van der Waals surface area contributed by atoms with Crippen molar-refractivity contribution >= 4 is 11.6 Å². The molecule has 1 atom stereocenters. The van der Waals surface area contributed by atoms with Gasteiger partial charge >= 0.3 is 0 Å². The SMILES string of the molecule is Cc1ccc(-c2noc(C(C)Oc3ccc(Cl)cc3)n2)cc1. The van der Waals surface area contributed by atoms with Crippen LogP contribution in [0, 0.1) is 6.92 Å². The zero-order valence-corrected chi connectivity index (χ0v) is 13.0. The first kappa shape index (κ1) is 14.6. The van der Waals surface area contributed by atoms with Gasteiger partial charge in [0.05, 0.1) is 0 Å².